The van der Waals surface area contributed by atoms with Gasteiger partial charge in [0.2, 0.25) is 0 Å². The molecule has 2 N–H and O–H groups in total. The van der Waals surface area contributed by atoms with Crippen molar-refractivity contribution < 1.29 is 14.3 Å². The lowest BCUT2D eigenvalue weighted by Crippen LogP contribution is -2.42. The fourth-order valence-electron chi connectivity index (χ4n) is 5.60. The number of nitrogens with one attached hydrogen (secondary N) is 1. The van der Waals surface area contributed by atoms with Crippen LogP contribution in [0.3, 0.4) is 0 Å². The van der Waals surface area contributed by atoms with Gasteiger partial charge in [0.05, 0.1) is 12.1 Å². The topological polar surface area (TPSA) is 52.6 Å². The van der Waals surface area contributed by atoms with Crippen LogP contribution in [0.2, 0.25) is 0 Å². The zero-order valence-corrected chi connectivity index (χ0v) is 18.5. The average molecular weight is 419 g/mol. The van der Waals surface area contributed by atoms with Gasteiger partial charge in [-0.3, -0.25) is 4.90 Å². The molecule has 2 aliphatic carbocycles. The van der Waals surface area contributed by atoms with E-state index in [0.717, 1.165) is 56.4 Å². The number of fused-ring (bicyclic) bond motifs is 1. The van der Waals surface area contributed by atoms with Crippen molar-refractivity contribution in [2.45, 2.75) is 82.3 Å². The minimum Gasteiger partial charge on any atom is -0.389 e. The van der Waals surface area contributed by atoms with Gasteiger partial charge in [-0.1, -0.05) is 50.7 Å². The molecule has 30 heavy (non-hydrogen) atoms. The molecule has 5 heteroatoms. The Morgan fingerprint density at radius 1 is 1.17 bits per heavy atom. The number of rotatable bonds is 5. The molecular weight excluding hydrogens is 379 g/mol. The summed E-state index contributed by atoms with van der Waals surface area (Å²) in [5.74, 6) is 0.728. The minimum atomic E-state index is -0.540. The van der Waals surface area contributed by atoms with Crippen molar-refractivity contribution in [1.82, 2.24) is 10.2 Å². The number of likely N-dealkylation sites (N-methyl/N-ethyl adjacent to an activating group) is 1. The van der Waals surface area contributed by atoms with Crippen LogP contribution in [-0.2, 0) is 11.2 Å². The Kier molecular flexibility index (Phi) is 8.84. The summed E-state index contributed by atoms with van der Waals surface area (Å²) in [7, 11) is 2.20. The number of aliphatic hydroxyl groups is 1. The van der Waals surface area contributed by atoms with Crippen LogP contribution in [0, 0.1) is 11.7 Å². The van der Waals surface area contributed by atoms with Crippen LogP contribution in [0.4, 0.5) is 4.39 Å². The van der Waals surface area contributed by atoms with Gasteiger partial charge < -0.3 is 15.2 Å². The number of aldehydes is 1. The maximum Gasteiger partial charge on any atom is 0.133 e. The lowest BCUT2D eigenvalue weighted by atomic mass is 9.77. The third-order valence-corrected chi connectivity index (χ3v) is 7.23. The van der Waals surface area contributed by atoms with E-state index in [4.69, 9.17) is 0 Å². The first kappa shape index (κ1) is 23.4. The summed E-state index contributed by atoms with van der Waals surface area (Å²) in [5.41, 5.74) is 1.70. The van der Waals surface area contributed by atoms with Crippen LogP contribution in [0.25, 0.3) is 0 Å². The molecule has 1 unspecified atom stereocenters. The first-order valence-electron chi connectivity index (χ1n) is 11.9. The molecule has 168 valence electrons. The van der Waals surface area contributed by atoms with Gasteiger partial charge in [0.25, 0.3) is 0 Å². The first-order chi connectivity index (χ1) is 14.5. The molecule has 1 heterocycles. The second-order valence-electron chi connectivity index (χ2n) is 9.46. The van der Waals surface area contributed by atoms with Gasteiger partial charge in [-0.2, -0.15) is 0 Å². The number of carbonyl (C=O) groups excluding carboxylic acids is 1. The van der Waals surface area contributed by atoms with Crippen molar-refractivity contribution >= 4 is 6.29 Å². The van der Waals surface area contributed by atoms with E-state index < -0.39 is 5.60 Å². The zero-order valence-electron chi connectivity index (χ0n) is 18.5. The molecule has 0 saturated heterocycles. The molecule has 2 saturated carbocycles. The summed E-state index contributed by atoms with van der Waals surface area (Å²) in [6.07, 6.45) is 13.6. The maximum absolute atomic E-state index is 13.9. The third-order valence-electron chi connectivity index (χ3n) is 7.23. The van der Waals surface area contributed by atoms with Gasteiger partial charge in [-0.25, -0.2) is 4.39 Å². The number of hydrogen-bond acceptors (Lipinski definition) is 4. The van der Waals surface area contributed by atoms with Crippen molar-refractivity contribution in [1.29, 1.82) is 0 Å². The SMILES string of the molecule is CN1CCc2c(F)cccc2C1C1CCCCC1.O=CCNCC1(O)CCCCC1. The van der Waals surface area contributed by atoms with Crippen LogP contribution < -0.4 is 5.32 Å². The van der Waals surface area contributed by atoms with E-state index in [0.29, 0.717) is 19.1 Å². The largest absolute Gasteiger partial charge is 0.389 e. The van der Waals surface area contributed by atoms with E-state index >= 15 is 0 Å². The Morgan fingerprint density at radius 3 is 2.57 bits per heavy atom. The van der Waals surface area contributed by atoms with Gasteiger partial charge in [-0.15, -0.1) is 0 Å². The number of carbonyl (C=O) groups is 1. The average Bonchev–Trinajstić information content (AvgIpc) is 2.75. The molecule has 0 aromatic heterocycles. The van der Waals surface area contributed by atoms with Gasteiger partial charge in [-0.05, 0) is 62.3 Å². The monoisotopic (exact) mass is 418 g/mol. The fourth-order valence-corrected chi connectivity index (χ4v) is 5.60. The lowest BCUT2D eigenvalue weighted by Gasteiger charge is -2.41. The number of halogens is 1. The molecule has 4 rings (SSSR count). The van der Waals surface area contributed by atoms with Crippen LogP contribution in [-0.4, -0.2) is 48.6 Å². The Morgan fingerprint density at radius 2 is 1.87 bits per heavy atom. The molecule has 4 nitrogen and oxygen atoms in total. The van der Waals surface area contributed by atoms with Crippen molar-refractivity contribution in [2.24, 2.45) is 5.92 Å². The predicted octanol–water partition coefficient (Wildman–Crippen LogP) is 4.41. The third kappa shape index (κ3) is 6.12. The molecule has 1 aromatic rings. The highest BCUT2D eigenvalue weighted by molar-refractivity contribution is 5.51. The van der Waals surface area contributed by atoms with E-state index in [9.17, 15) is 14.3 Å². The van der Waals surface area contributed by atoms with Crippen molar-refractivity contribution in [3.05, 3.63) is 35.1 Å². The molecular formula is C25H39FN2O2. The Balaban J connectivity index is 0.000000187. The Hall–Kier alpha value is -1.30. The predicted molar refractivity (Wildman–Crippen MR) is 119 cm³/mol. The summed E-state index contributed by atoms with van der Waals surface area (Å²) >= 11 is 0. The Bertz CT molecular complexity index is 669. The van der Waals surface area contributed by atoms with Crippen molar-refractivity contribution in [3.63, 3.8) is 0 Å². The van der Waals surface area contributed by atoms with E-state index in [1.165, 1.54) is 44.1 Å². The highest BCUT2D eigenvalue weighted by Gasteiger charge is 2.33. The Labute approximate surface area is 181 Å². The van der Waals surface area contributed by atoms with E-state index in [-0.39, 0.29) is 5.82 Å². The van der Waals surface area contributed by atoms with Crippen LogP contribution in [0.1, 0.15) is 81.4 Å². The molecule has 1 aliphatic heterocycles. The fraction of sp³-hybridized carbons (Fsp3) is 0.720. The minimum absolute atomic E-state index is 0.00131. The van der Waals surface area contributed by atoms with E-state index in [1.807, 2.05) is 6.07 Å². The molecule has 0 radical (unpaired) electrons. The zero-order chi connectivity index (χ0) is 21.4. The van der Waals surface area contributed by atoms with Crippen LogP contribution >= 0.6 is 0 Å². The van der Waals surface area contributed by atoms with Gasteiger partial charge >= 0.3 is 0 Å². The highest BCUT2D eigenvalue weighted by atomic mass is 19.1. The molecule has 1 aromatic carbocycles. The quantitative estimate of drug-likeness (QED) is 0.550. The molecule has 0 amide bonds. The number of nitrogens with zero attached hydrogens (tertiary/aromatic N) is 1. The molecule has 1 atom stereocenters. The van der Waals surface area contributed by atoms with E-state index in [2.05, 4.69) is 23.3 Å². The van der Waals surface area contributed by atoms with Crippen molar-refractivity contribution in [3.8, 4) is 0 Å². The smallest absolute Gasteiger partial charge is 0.133 e. The summed E-state index contributed by atoms with van der Waals surface area (Å²) in [4.78, 5) is 12.4. The molecule has 0 spiro atoms. The standard InChI is InChI=1S/C16H22FN.C9H17NO2/c1-18-11-10-13-14(8-5-9-15(13)17)16(18)12-6-3-2-4-7-12;11-7-6-10-8-9(12)4-2-1-3-5-9/h5,8-9,12,16H,2-4,6-7,10-11H2,1H3;7,10,12H,1-6,8H2. The lowest BCUT2D eigenvalue weighted by molar-refractivity contribution is -0.107. The summed E-state index contributed by atoms with van der Waals surface area (Å²) in [6, 6.07) is 6.09. The van der Waals surface area contributed by atoms with Gasteiger partial charge in [0, 0.05) is 19.1 Å². The summed E-state index contributed by atoms with van der Waals surface area (Å²) in [6.45, 7) is 1.91. The molecule has 0 bridgehead atoms. The second-order valence-corrected chi connectivity index (χ2v) is 9.46. The van der Waals surface area contributed by atoms with Gasteiger partial charge in [0.1, 0.15) is 12.1 Å². The van der Waals surface area contributed by atoms with Crippen molar-refractivity contribution in [2.75, 3.05) is 26.7 Å². The number of hydrogen-bond donors (Lipinski definition) is 2. The molecule has 2 fully saturated rings. The van der Waals surface area contributed by atoms with Crippen LogP contribution in [0.15, 0.2) is 18.2 Å². The number of benzene rings is 1. The van der Waals surface area contributed by atoms with Crippen LogP contribution in [0.5, 0.6) is 0 Å². The first-order valence-corrected chi connectivity index (χ1v) is 11.9. The van der Waals surface area contributed by atoms with Gasteiger partial charge in [0.15, 0.2) is 0 Å². The highest BCUT2D eigenvalue weighted by Crippen LogP contribution is 2.41. The maximum atomic E-state index is 13.9. The summed E-state index contributed by atoms with van der Waals surface area (Å²) < 4.78 is 13.9. The summed E-state index contributed by atoms with van der Waals surface area (Å²) in [5, 5.41) is 12.8. The van der Waals surface area contributed by atoms with E-state index in [1.54, 1.807) is 6.07 Å². The second kappa shape index (κ2) is 11.4. The normalized spacial score (nSPS) is 24.4. The molecule has 3 aliphatic rings.